The van der Waals surface area contributed by atoms with Crippen molar-refractivity contribution in [2.24, 2.45) is 10.7 Å². The van der Waals surface area contributed by atoms with Crippen LogP contribution in [-0.4, -0.2) is 76.5 Å². The Morgan fingerprint density at radius 2 is 1.39 bits per heavy atom. The number of hydrogen-bond donors (Lipinski definition) is 6. The number of benzene rings is 4. The Bertz CT molecular complexity index is 2510. The van der Waals surface area contributed by atoms with E-state index < -0.39 is 56.1 Å². The number of carbonyl (C=O) groups is 2. The highest BCUT2D eigenvalue weighted by molar-refractivity contribution is 7.90. The lowest BCUT2D eigenvalue weighted by Crippen LogP contribution is -2.56. The number of nitrogens with zero attached hydrogens (tertiary/aromatic N) is 2. The number of carbonyl (C=O) groups excluding carboxylic acids is 2. The smallest absolute Gasteiger partial charge is 0.264 e. The highest BCUT2D eigenvalue weighted by atomic mass is 32.2. The monoisotopic (exact) mass is 903 g/mol. The average Bonchev–Trinajstić information content (AvgIpc) is 3.78. The summed E-state index contributed by atoms with van der Waals surface area (Å²) < 4.78 is 64.0. The van der Waals surface area contributed by atoms with Crippen molar-refractivity contribution in [3.8, 4) is 5.75 Å². The number of aliphatic hydroxyl groups excluding tert-OH is 1. The van der Waals surface area contributed by atoms with Gasteiger partial charge >= 0.3 is 0 Å². The SMILES string of the molecule is COc1cc(C)c(S(=O)(=O)NC(N)=NCCC[C@H](NC(=O)[C@H](Cc2ccccc2)NC(=O)[C@@H](Cc2ccccc2)NS(=O)(=O)Cc2ccccc2)C(O)c2nccs2)c(C)c1C. The van der Waals surface area contributed by atoms with Gasteiger partial charge in [0.25, 0.3) is 10.0 Å². The van der Waals surface area contributed by atoms with Gasteiger partial charge in [0.1, 0.15) is 28.9 Å². The van der Waals surface area contributed by atoms with Crippen LogP contribution in [-0.2, 0) is 48.2 Å². The molecule has 1 aromatic heterocycles. The second-order valence-corrected chi connectivity index (χ2v) is 19.1. The number of guanidine groups is 1. The van der Waals surface area contributed by atoms with E-state index in [1.165, 1.54) is 24.6 Å². The predicted octanol–water partition coefficient (Wildman–Crippen LogP) is 4.13. The van der Waals surface area contributed by atoms with Gasteiger partial charge in [-0.05, 0) is 79.5 Å². The normalized spacial score (nSPS) is 14.0. The Morgan fingerprint density at radius 1 is 0.823 bits per heavy atom. The minimum atomic E-state index is -4.11. The molecule has 0 saturated heterocycles. The summed E-state index contributed by atoms with van der Waals surface area (Å²) >= 11 is 1.19. The van der Waals surface area contributed by atoms with Gasteiger partial charge in [0.15, 0.2) is 0 Å². The van der Waals surface area contributed by atoms with Gasteiger partial charge in [0, 0.05) is 24.5 Å². The summed E-state index contributed by atoms with van der Waals surface area (Å²) in [5, 5.41) is 19.2. The third kappa shape index (κ3) is 13.4. The van der Waals surface area contributed by atoms with E-state index in [1.54, 1.807) is 111 Å². The number of rotatable bonds is 21. The van der Waals surface area contributed by atoms with E-state index >= 15 is 0 Å². The van der Waals surface area contributed by atoms with Gasteiger partial charge < -0.3 is 26.2 Å². The zero-order valence-corrected chi connectivity index (χ0v) is 37.4. The number of hydrogen-bond acceptors (Lipinski definition) is 11. The summed E-state index contributed by atoms with van der Waals surface area (Å²) in [6.07, 6.45) is 0.705. The van der Waals surface area contributed by atoms with E-state index in [-0.39, 0.29) is 48.8 Å². The maximum Gasteiger partial charge on any atom is 0.264 e. The molecule has 0 aliphatic rings. The first-order valence-electron chi connectivity index (χ1n) is 19.8. The zero-order valence-electron chi connectivity index (χ0n) is 34.9. The molecule has 2 amide bonds. The number of ether oxygens (including phenoxy) is 1. The summed E-state index contributed by atoms with van der Waals surface area (Å²) in [7, 11) is -6.63. The number of thiazole rings is 1. The maximum atomic E-state index is 14.3. The van der Waals surface area contributed by atoms with Crippen molar-refractivity contribution in [2.75, 3.05) is 13.7 Å². The molecule has 0 spiro atoms. The van der Waals surface area contributed by atoms with Crippen LogP contribution in [0, 0.1) is 20.8 Å². The van der Waals surface area contributed by atoms with Gasteiger partial charge in [-0.3, -0.25) is 14.6 Å². The first-order chi connectivity index (χ1) is 29.6. The number of aliphatic hydroxyl groups is 1. The van der Waals surface area contributed by atoms with E-state index in [0.29, 0.717) is 38.6 Å². The van der Waals surface area contributed by atoms with Crippen molar-refractivity contribution in [3.63, 3.8) is 0 Å². The number of nitrogens with two attached hydrogens (primary N) is 1. The summed E-state index contributed by atoms with van der Waals surface area (Å²) in [5.74, 6) is -1.50. The molecule has 0 bridgehead atoms. The molecule has 7 N–H and O–H groups in total. The van der Waals surface area contributed by atoms with E-state index in [1.807, 2.05) is 12.1 Å². The first kappa shape index (κ1) is 47.4. The molecule has 330 valence electrons. The van der Waals surface area contributed by atoms with Gasteiger partial charge in [0.2, 0.25) is 27.8 Å². The summed E-state index contributed by atoms with van der Waals surface area (Å²) in [5.41, 5.74) is 9.66. The second kappa shape index (κ2) is 21.9. The number of nitrogens with one attached hydrogen (secondary N) is 4. The van der Waals surface area contributed by atoms with Crippen LogP contribution in [0.5, 0.6) is 5.75 Å². The van der Waals surface area contributed by atoms with Crippen molar-refractivity contribution in [2.45, 2.75) is 81.3 Å². The van der Waals surface area contributed by atoms with Crippen LogP contribution in [0.2, 0.25) is 0 Å². The Balaban J connectivity index is 1.34. The average molecular weight is 904 g/mol. The standard InChI is InChI=1S/C44H53N7O8S3/c1-29-25-38(59-4)30(2)31(3)40(29)62(57,58)51-44(45)47-22-14-21-35(39(52)43-46-23-24-60-43)48-41(53)36(26-32-15-8-5-9-16-32)49-42(54)37(27-33-17-10-6-11-18-33)50-61(55,56)28-34-19-12-7-13-20-34/h5-13,15-20,23-25,35-37,39,50,52H,14,21-22,26-28H2,1-4H3,(H,48,53)(H,49,54)(H3,45,47,51)/t35-,36-,37+,39?/m0/s1. The van der Waals surface area contributed by atoms with Crippen molar-refractivity contribution < 1.29 is 36.3 Å². The Kier molecular flexibility index (Phi) is 16.8. The number of methoxy groups -OCH3 is 1. The minimum absolute atomic E-state index is 0.00448. The molecule has 0 aliphatic carbocycles. The molecule has 0 radical (unpaired) electrons. The van der Waals surface area contributed by atoms with Crippen LogP contribution in [0.4, 0.5) is 0 Å². The quantitative estimate of drug-likeness (QED) is 0.0350. The topological polar surface area (TPSA) is 231 Å². The first-order valence-corrected chi connectivity index (χ1v) is 23.9. The third-order valence-electron chi connectivity index (χ3n) is 10.1. The highest BCUT2D eigenvalue weighted by Crippen LogP contribution is 2.30. The summed E-state index contributed by atoms with van der Waals surface area (Å²) in [6, 6.07) is 24.7. The molecule has 1 unspecified atom stereocenters. The molecule has 0 aliphatic heterocycles. The lowest BCUT2D eigenvalue weighted by atomic mass is 10.0. The molecule has 18 heteroatoms. The lowest BCUT2D eigenvalue weighted by molar-refractivity contribution is -0.130. The largest absolute Gasteiger partial charge is 0.496 e. The fourth-order valence-corrected chi connectivity index (χ4v) is 10.5. The molecule has 4 atom stereocenters. The highest BCUT2D eigenvalue weighted by Gasteiger charge is 2.32. The van der Waals surface area contributed by atoms with Crippen molar-refractivity contribution >= 4 is 49.2 Å². The second-order valence-electron chi connectivity index (χ2n) is 14.8. The molecule has 5 rings (SSSR count). The van der Waals surface area contributed by atoms with Crippen LogP contribution in [0.3, 0.4) is 0 Å². The third-order valence-corrected chi connectivity index (χ3v) is 14.0. The van der Waals surface area contributed by atoms with E-state index in [2.05, 4.69) is 30.1 Å². The number of aromatic nitrogens is 1. The zero-order chi connectivity index (χ0) is 44.9. The van der Waals surface area contributed by atoms with Crippen LogP contribution in [0.1, 0.15) is 57.3 Å². The van der Waals surface area contributed by atoms with Gasteiger partial charge in [-0.15, -0.1) is 11.3 Å². The van der Waals surface area contributed by atoms with E-state index in [9.17, 15) is 31.5 Å². The van der Waals surface area contributed by atoms with Crippen molar-refractivity contribution in [1.82, 2.24) is 25.1 Å². The number of amides is 2. The van der Waals surface area contributed by atoms with Crippen LogP contribution in [0.15, 0.2) is 119 Å². The fourth-order valence-electron chi connectivity index (χ4n) is 6.94. The molecule has 0 fully saturated rings. The molecule has 62 heavy (non-hydrogen) atoms. The number of sulfonamides is 2. The number of aliphatic imine (C=N–C) groups is 1. The van der Waals surface area contributed by atoms with Crippen LogP contribution >= 0.6 is 11.3 Å². The van der Waals surface area contributed by atoms with Gasteiger partial charge in [-0.25, -0.2) is 31.3 Å². The number of aryl methyl sites for hydroxylation is 1. The Morgan fingerprint density at radius 3 is 1.95 bits per heavy atom. The van der Waals surface area contributed by atoms with Crippen LogP contribution in [0.25, 0.3) is 0 Å². The van der Waals surface area contributed by atoms with Crippen molar-refractivity contribution in [1.29, 1.82) is 0 Å². The summed E-state index contributed by atoms with van der Waals surface area (Å²) in [6.45, 7) is 5.13. The summed E-state index contributed by atoms with van der Waals surface area (Å²) in [4.78, 5) is 37.0. The van der Waals surface area contributed by atoms with E-state index in [0.717, 1.165) is 5.56 Å². The molecule has 0 saturated carbocycles. The van der Waals surface area contributed by atoms with Crippen LogP contribution < -0.4 is 30.5 Å². The molecule has 15 nitrogen and oxygen atoms in total. The Labute approximate surface area is 367 Å². The van der Waals surface area contributed by atoms with Crippen molar-refractivity contribution in [3.05, 3.63) is 147 Å². The molecule has 5 aromatic rings. The lowest BCUT2D eigenvalue weighted by Gasteiger charge is -2.27. The predicted molar refractivity (Wildman–Crippen MR) is 240 cm³/mol. The maximum absolute atomic E-state index is 14.3. The van der Waals surface area contributed by atoms with Gasteiger partial charge in [0.05, 0.1) is 23.8 Å². The fraction of sp³-hybridized carbons (Fsp3) is 0.318. The molecule has 4 aromatic carbocycles. The van der Waals surface area contributed by atoms with Gasteiger partial charge in [-0.2, -0.15) is 0 Å². The van der Waals surface area contributed by atoms with Gasteiger partial charge in [-0.1, -0.05) is 91.0 Å². The molecular formula is C44H53N7O8S3. The van der Waals surface area contributed by atoms with E-state index in [4.69, 9.17) is 10.5 Å². The molecule has 1 heterocycles. The molecular weight excluding hydrogens is 851 g/mol. The Hall–Kier alpha value is -5.66. The minimum Gasteiger partial charge on any atom is -0.496 e.